The Morgan fingerprint density at radius 1 is 1.04 bits per heavy atom. The van der Waals surface area contributed by atoms with Crippen LogP contribution in [-0.2, 0) is 20.7 Å². The number of piperazine rings is 1. The second kappa shape index (κ2) is 10.5. The molecule has 0 N–H and O–H groups in total. The van der Waals surface area contributed by atoms with Gasteiger partial charge in [0.25, 0.3) is 0 Å². The van der Waals surface area contributed by atoms with Gasteiger partial charge in [-0.15, -0.1) is 0 Å². The molecule has 1 heterocycles. The molecule has 2 rings (SSSR count). The van der Waals surface area contributed by atoms with E-state index >= 15 is 0 Å². The van der Waals surface area contributed by atoms with Crippen LogP contribution in [0, 0.1) is 0 Å². The highest BCUT2D eigenvalue weighted by Crippen LogP contribution is 2.07. The van der Waals surface area contributed by atoms with E-state index in [9.17, 15) is 14.4 Å². The van der Waals surface area contributed by atoms with Crippen molar-refractivity contribution in [3.05, 3.63) is 35.9 Å². The summed E-state index contributed by atoms with van der Waals surface area (Å²) in [5.74, 6) is -0.171. The molecule has 3 amide bonds. The summed E-state index contributed by atoms with van der Waals surface area (Å²) in [6.45, 7) is 6.09. The van der Waals surface area contributed by atoms with Gasteiger partial charge < -0.3 is 19.4 Å². The maximum Gasteiger partial charge on any atom is 0.409 e. The summed E-state index contributed by atoms with van der Waals surface area (Å²) in [5.41, 5.74) is 1.22. The second-order valence-corrected chi connectivity index (χ2v) is 6.60. The van der Waals surface area contributed by atoms with Gasteiger partial charge in [0.05, 0.1) is 13.2 Å². The van der Waals surface area contributed by atoms with Crippen LogP contribution in [0.2, 0.25) is 0 Å². The molecule has 0 aliphatic carbocycles. The Bertz CT molecular complexity index is 627. The van der Waals surface area contributed by atoms with Gasteiger partial charge in [-0.2, -0.15) is 0 Å². The van der Waals surface area contributed by atoms with Crippen LogP contribution in [0.3, 0.4) is 0 Å². The highest BCUT2D eigenvalue weighted by Gasteiger charge is 2.26. The van der Waals surface area contributed by atoms with Crippen molar-refractivity contribution in [3.8, 4) is 0 Å². The first-order valence-corrected chi connectivity index (χ1v) is 9.50. The third kappa shape index (κ3) is 6.58. The average molecular weight is 375 g/mol. The Morgan fingerprint density at radius 3 is 2.26 bits per heavy atom. The van der Waals surface area contributed by atoms with E-state index in [1.807, 2.05) is 18.2 Å². The summed E-state index contributed by atoms with van der Waals surface area (Å²) < 4.78 is 4.98. The van der Waals surface area contributed by atoms with Gasteiger partial charge in [-0.1, -0.05) is 30.3 Å². The minimum Gasteiger partial charge on any atom is -0.450 e. The van der Waals surface area contributed by atoms with Gasteiger partial charge in [0.15, 0.2) is 0 Å². The lowest BCUT2D eigenvalue weighted by Crippen LogP contribution is -2.53. The molecule has 0 atom stereocenters. The molecule has 1 aromatic carbocycles. The van der Waals surface area contributed by atoms with Gasteiger partial charge in [-0.05, 0) is 25.3 Å². The summed E-state index contributed by atoms with van der Waals surface area (Å²) in [6, 6.07) is 10.1. The summed E-state index contributed by atoms with van der Waals surface area (Å²) in [4.78, 5) is 41.1. The van der Waals surface area contributed by atoms with E-state index in [2.05, 4.69) is 12.1 Å². The second-order valence-electron chi connectivity index (χ2n) is 6.60. The molecule has 1 aliphatic rings. The quantitative estimate of drug-likeness (QED) is 0.728. The van der Waals surface area contributed by atoms with E-state index in [1.165, 1.54) is 12.5 Å². The molecular weight excluding hydrogens is 346 g/mol. The van der Waals surface area contributed by atoms with Crippen LogP contribution in [0.1, 0.15) is 25.8 Å². The fourth-order valence-electron chi connectivity index (χ4n) is 3.08. The largest absolute Gasteiger partial charge is 0.450 e. The van der Waals surface area contributed by atoms with E-state index in [1.54, 1.807) is 21.6 Å². The molecular formula is C20H29N3O4. The topological polar surface area (TPSA) is 70.2 Å². The lowest BCUT2D eigenvalue weighted by Gasteiger charge is -2.35. The predicted octanol–water partition coefficient (Wildman–Crippen LogP) is 1.77. The molecule has 1 aromatic rings. The predicted molar refractivity (Wildman–Crippen MR) is 102 cm³/mol. The van der Waals surface area contributed by atoms with Crippen LogP contribution in [-0.4, -0.2) is 78.5 Å². The van der Waals surface area contributed by atoms with Gasteiger partial charge in [-0.3, -0.25) is 9.59 Å². The molecule has 7 heteroatoms. The minimum atomic E-state index is -0.337. The van der Waals surface area contributed by atoms with Crippen LogP contribution in [0.15, 0.2) is 30.3 Å². The number of carbonyl (C=O) groups excluding carboxylic acids is 3. The van der Waals surface area contributed by atoms with Crippen LogP contribution < -0.4 is 0 Å². The van der Waals surface area contributed by atoms with Gasteiger partial charge >= 0.3 is 6.09 Å². The maximum absolute atomic E-state index is 12.5. The third-order valence-corrected chi connectivity index (χ3v) is 4.67. The monoisotopic (exact) mass is 375 g/mol. The van der Waals surface area contributed by atoms with Crippen LogP contribution >= 0.6 is 0 Å². The molecule has 1 fully saturated rings. The Kier molecular flexibility index (Phi) is 8.10. The van der Waals surface area contributed by atoms with E-state index in [0.29, 0.717) is 39.3 Å². The van der Waals surface area contributed by atoms with Gasteiger partial charge in [0.2, 0.25) is 11.8 Å². The van der Waals surface area contributed by atoms with Crippen LogP contribution in [0.5, 0.6) is 0 Å². The van der Waals surface area contributed by atoms with E-state index < -0.39 is 0 Å². The summed E-state index contributed by atoms with van der Waals surface area (Å²) in [6.07, 6.45) is 1.35. The van der Waals surface area contributed by atoms with Crippen molar-refractivity contribution in [2.24, 2.45) is 0 Å². The zero-order valence-electron chi connectivity index (χ0n) is 16.2. The number of ether oxygens (including phenoxy) is 1. The summed E-state index contributed by atoms with van der Waals surface area (Å²) in [7, 11) is 0. The lowest BCUT2D eigenvalue weighted by molar-refractivity contribution is -0.140. The molecule has 148 valence electrons. The molecule has 27 heavy (non-hydrogen) atoms. The first kappa shape index (κ1) is 20.7. The van der Waals surface area contributed by atoms with Crippen molar-refractivity contribution in [2.45, 2.75) is 26.7 Å². The molecule has 0 unspecified atom stereocenters. The maximum atomic E-state index is 12.5. The van der Waals surface area contributed by atoms with Crippen LogP contribution in [0.25, 0.3) is 0 Å². The van der Waals surface area contributed by atoms with Crippen molar-refractivity contribution in [1.82, 2.24) is 14.7 Å². The average Bonchev–Trinajstić information content (AvgIpc) is 2.68. The molecule has 0 saturated carbocycles. The van der Waals surface area contributed by atoms with Crippen molar-refractivity contribution < 1.29 is 19.1 Å². The van der Waals surface area contributed by atoms with Crippen molar-refractivity contribution in [1.29, 1.82) is 0 Å². The first-order valence-electron chi connectivity index (χ1n) is 9.50. The number of amides is 3. The number of nitrogens with zero attached hydrogens (tertiary/aromatic N) is 3. The standard InChI is InChI=1S/C20H29N3O4/c1-3-27-20(26)22-14-12-21(13-15-22)19(25)16-23(17(2)24)11-7-10-18-8-5-4-6-9-18/h4-6,8-9H,3,7,10-16H2,1-2H3. The van der Waals surface area contributed by atoms with Gasteiger partial charge in [0, 0.05) is 39.6 Å². The number of hydrogen-bond donors (Lipinski definition) is 0. The van der Waals surface area contributed by atoms with Crippen LogP contribution in [0.4, 0.5) is 4.79 Å². The van der Waals surface area contributed by atoms with E-state index in [0.717, 1.165) is 12.8 Å². The molecule has 0 radical (unpaired) electrons. The highest BCUT2D eigenvalue weighted by atomic mass is 16.6. The Morgan fingerprint density at radius 2 is 1.67 bits per heavy atom. The highest BCUT2D eigenvalue weighted by molar-refractivity contribution is 5.84. The SMILES string of the molecule is CCOC(=O)N1CCN(C(=O)CN(CCCc2ccccc2)C(C)=O)CC1. The first-order chi connectivity index (χ1) is 13.0. The molecule has 0 bridgehead atoms. The fraction of sp³-hybridized carbons (Fsp3) is 0.550. The van der Waals surface area contributed by atoms with Crippen molar-refractivity contribution >= 4 is 17.9 Å². The summed E-state index contributed by atoms with van der Waals surface area (Å²) in [5, 5.41) is 0. The number of benzene rings is 1. The van der Waals surface area contributed by atoms with Gasteiger partial charge in [-0.25, -0.2) is 4.79 Å². The number of carbonyl (C=O) groups is 3. The Hall–Kier alpha value is -2.57. The Balaban J connectivity index is 1.77. The third-order valence-electron chi connectivity index (χ3n) is 4.67. The fourth-order valence-corrected chi connectivity index (χ4v) is 3.08. The zero-order chi connectivity index (χ0) is 19.6. The van der Waals surface area contributed by atoms with Crippen molar-refractivity contribution in [2.75, 3.05) is 45.9 Å². The Labute approximate surface area is 160 Å². The summed E-state index contributed by atoms with van der Waals surface area (Å²) >= 11 is 0. The smallest absolute Gasteiger partial charge is 0.409 e. The van der Waals surface area contributed by atoms with E-state index in [4.69, 9.17) is 4.74 Å². The molecule has 1 saturated heterocycles. The van der Waals surface area contributed by atoms with E-state index in [-0.39, 0.29) is 24.5 Å². The minimum absolute atomic E-state index is 0.0755. The number of aryl methyl sites for hydroxylation is 1. The molecule has 0 aromatic heterocycles. The number of rotatable bonds is 7. The molecule has 0 spiro atoms. The molecule has 1 aliphatic heterocycles. The van der Waals surface area contributed by atoms with Gasteiger partial charge in [0.1, 0.15) is 0 Å². The normalized spacial score (nSPS) is 14.0. The zero-order valence-corrected chi connectivity index (χ0v) is 16.2. The molecule has 7 nitrogen and oxygen atoms in total. The van der Waals surface area contributed by atoms with Crippen molar-refractivity contribution in [3.63, 3.8) is 0 Å². The lowest BCUT2D eigenvalue weighted by atomic mass is 10.1. The number of hydrogen-bond acceptors (Lipinski definition) is 4.